The van der Waals surface area contributed by atoms with Gasteiger partial charge in [-0.3, -0.25) is 0 Å². The summed E-state index contributed by atoms with van der Waals surface area (Å²) in [7, 11) is 1.74. The Hall–Kier alpha value is -1.22. The fourth-order valence-corrected chi connectivity index (χ4v) is 3.69. The molecule has 0 saturated carbocycles. The maximum atomic E-state index is 10.6. The van der Waals surface area contributed by atoms with Crippen molar-refractivity contribution in [1.29, 1.82) is 0 Å². The highest BCUT2D eigenvalue weighted by Crippen LogP contribution is 2.39. The number of phenols is 1. The number of hydrogen-bond donors (Lipinski definition) is 2. The van der Waals surface area contributed by atoms with Crippen LogP contribution in [0.25, 0.3) is 0 Å². The molecule has 3 nitrogen and oxygen atoms in total. The molecule has 1 atom stereocenters. The van der Waals surface area contributed by atoms with Gasteiger partial charge in [-0.2, -0.15) is 0 Å². The van der Waals surface area contributed by atoms with Crippen molar-refractivity contribution >= 4 is 0 Å². The molecular weight excluding hydrogens is 250 g/mol. The van der Waals surface area contributed by atoms with Gasteiger partial charge in [-0.25, -0.2) is 0 Å². The SMILES string of the molecule is COc1cc(CC2CCCNC2)c(O)c2c1CCCC2. The average molecular weight is 275 g/mol. The molecule has 110 valence electrons. The van der Waals surface area contributed by atoms with Crippen LogP contribution in [-0.2, 0) is 19.3 Å². The molecule has 1 aliphatic carbocycles. The highest BCUT2D eigenvalue weighted by Gasteiger charge is 2.23. The molecule has 1 unspecified atom stereocenters. The van der Waals surface area contributed by atoms with Crippen LogP contribution in [0.4, 0.5) is 0 Å². The number of methoxy groups -OCH3 is 1. The molecule has 0 amide bonds. The van der Waals surface area contributed by atoms with E-state index in [2.05, 4.69) is 11.4 Å². The van der Waals surface area contributed by atoms with Crippen LogP contribution >= 0.6 is 0 Å². The van der Waals surface area contributed by atoms with Crippen molar-refractivity contribution < 1.29 is 9.84 Å². The number of hydrogen-bond acceptors (Lipinski definition) is 3. The predicted molar refractivity (Wildman–Crippen MR) is 80.6 cm³/mol. The van der Waals surface area contributed by atoms with Crippen molar-refractivity contribution in [2.45, 2.75) is 44.9 Å². The molecule has 1 aromatic carbocycles. The van der Waals surface area contributed by atoms with Gasteiger partial charge >= 0.3 is 0 Å². The Bertz CT molecular complexity index is 478. The number of phenolic OH excluding ortho intramolecular Hbond substituents is 1. The smallest absolute Gasteiger partial charge is 0.122 e. The second kappa shape index (κ2) is 6.04. The molecule has 3 rings (SSSR count). The van der Waals surface area contributed by atoms with Crippen molar-refractivity contribution in [3.63, 3.8) is 0 Å². The van der Waals surface area contributed by atoms with Crippen LogP contribution in [0.2, 0.25) is 0 Å². The first-order valence-corrected chi connectivity index (χ1v) is 7.91. The van der Waals surface area contributed by atoms with Crippen LogP contribution in [0.5, 0.6) is 11.5 Å². The molecule has 2 aliphatic rings. The first-order valence-electron chi connectivity index (χ1n) is 7.91. The number of ether oxygens (including phenoxy) is 1. The van der Waals surface area contributed by atoms with E-state index in [0.717, 1.165) is 49.2 Å². The van der Waals surface area contributed by atoms with Crippen LogP contribution in [0.15, 0.2) is 6.07 Å². The van der Waals surface area contributed by atoms with Crippen molar-refractivity contribution in [1.82, 2.24) is 5.32 Å². The number of fused-ring (bicyclic) bond motifs is 1. The molecule has 1 aliphatic heterocycles. The fraction of sp³-hybridized carbons (Fsp3) is 0.647. The summed E-state index contributed by atoms with van der Waals surface area (Å²) in [6.45, 7) is 2.20. The second-order valence-electron chi connectivity index (χ2n) is 6.17. The van der Waals surface area contributed by atoms with E-state index in [1.807, 2.05) is 0 Å². The molecule has 2 N–H and O–H groups in total. The van der Waals surface area contributed by atoms with Gasteiger partial charge in [0.25, 0.3) is 0 Å². The van der Waals surface area contributed by atoms with Crippen molar-refractivity contribution in [2.75, 3.05) is 20.2 Å². The summed E-state index contributed by atoms with van der Waals surface area (Å²) in [5.41, 5.74) is 3.47. The minimum absolute atomic E-state index is 0.547. The van der Waals surface area contributed by atoms with Crippen LogP contribution < -0.4 is 10.1 Å². The standard InChI is InChI=1S/C17H25NO2/c1-20-16-10-13(9-12-5-4-8-18-11-12)17(19)15-7-3-2-6-14(15)16/h10,12,18-19H,2-9,11H2,1H3. The van der Waals surface area contributed by atoms with Gasteiger partial charge in [-0.05, 0) is 75.6 Å². The molecule has 0 aromatic heterocycles. The largest absolute Gasteiger partial charge is 0.507 e. The molecule has 1 fully saturated rings. The third-order valence-corrected chi connectivity index (χ3v) is 4.79. The molecule has 1 heterocycles. The zero-order valence-corrected chi connectivity index (χ0v) is 12.4. The van der Waals surface area contributed by atoms with Gasteiger partial charge in [0.1, 0.15) is 11.5 Å². The van der Waals surface area contributed by atoms with Gasteiger partial charge in [0.15, 0.2) is 0 Å². The van der Waals surface area contributed by atoms with Gasteiger partial charge in [0.05, 0.1) is 7.11 Å². The number of rotatable bonds is 3. The maximum Gasteiger partial charge on any atom is 0.122 e. The Balaban J connectivity index is 1.89. The van der Waals surface area contributed by atoms with E-state index in [4.69, 9.17) is 4.74 Å². The van der Waals surface area contributed by atoms with E-state index in [0.29, 0.717) is 11.7 Å². The summed E-state index contributed by atoms with van der Waals surface area (Å²) in [6, 6.07) is 2.08. The maximum absolute atomic E-state index is 10.6. The van der Waals surface area contributed by atoms with E-state index in [1.165, 1.54) is 31.2 Å². The molecule has 20 heavy (non-hydrogen) atoms. The normalized spacial score (nSPS) is 22.4. The lowest BCUT2D eigenvalue weighted by Gasteiger charge is -2.26. The van der Waals surface area contributed by atoms with Gasteiger partial charge in [0, 0.05) is 11.1 Å². The Morgan fingerprint density at radius 3 is 2.75 bits per heavy atom. The minimum atomic E-state index is 0.547. The Morgan fingerprint density at radius 1 is 1.25 bits per heavy atom. The summed E-state index contributed by atoms with van der Waals surface area (Å²) in [4.78, 5) is 0. The molecule has 1 aromatic rings. The molecular formula is C17H25NO2. The van der Waals surface area contributed by atoms with E-state index in [-0.39, 0.29) is 0 Å². The molecule has 3 heteroatoms. The zero-order chi connectivity index (χ0) is 13.9. The molecule has 0 bridgehead atoms. The third kappa shape index (κ3) is 2.64. The summed E-state index contributed by atoms with van der Waals surface area (Å²) < 4.78 is 5.57. The lowest BCUT2D eigenvalue weighted by Crippen LogP contribution is -2.30. The third-order valence-electron chi connectivity index (χ3n) is 4.79. The summed E-state index contributed by atoms with van der Waals surface area (Å²) >= 11 is 0. The quantitative estimate of drug-likeness (QED) is 0.891. The number of aromatic hydroxyl groups is 1. The highest BCUT2D eigenvalue weighted by atomic mass is 16.5. The summed E-state index contributed by atoms with van der Waals surface area (Å²) in [6.07, 6.45) is 7.88. The monoisotopic (exact) mass is 275 g/mol. The first-order chi connectivity index (χ1) is 9.79. The Kier molecular flexibility index (Phi) is 4.16. The number of piperidine rings is 1. The minimum Gasteiger partial charge on any atom is -0.507 e. The Labute approximate surface area is 121 Å². The van der Waals surface area contributed by atoms with E-state index in [9.17, 15) is 5.11 Å². The molecule has 0 spiro atoms. The lowest BCUT2D eigenvalue weighted by molar-refractivity contribution is 0.364. The van der Waals surface area contributed by atoms with Gasteiger partial charge in [-0.15, -0.1) is 0 Å². The molecule has 0 radical (unpaired) electrons. The van der Waals surface area contributed by atoms with Crippen molar-refractivity contribution in [3.8, 4) is 11.5 Å². The van der Waals surface area contributed by atoms with Crippen LogP contribution in [0.3, 0.4) is 0 Å². The van der Waals surface area contributed by atoms with Crippen molar-refractivity contribution in [3.05, 3.63) is 22.8 Å². The molecule has 1 saturated heterocycles. The van der Waals surface area contributed by atoms with E-state index < -0.39 is 0 Å². The topological polar surface area (TPSA) is 41.5 Å². The van der Waals surface area contributed by atoms with Gasteiger partial charge in [0.2, 0.25) is 0 Å². The summed E-state index contributed by atoms with van der Waals surface area (Å²) in [5, 5.41) is 14.1. The van der Waals surface area contributed by atoms with Crippen LogP contribution in [0.1, 0.15) is 42.4 Å². The highest BCUT2D eigenvalue weighted by molar-refractivity contribution is 5.54. The number of benzene rings is 1. The number of nitrogens with one attached hydrogen (secondary N) is 1. The Morgan fingerprint density at radius 2 is 2.05 bits per heavy atom. The first kappa shape index (κ1) is 13.7. The fourth-order valence-electron chi connectivity index (χ4n) is 3.69. The van der Waals surface area contributed by atoms with Gasteiger partial charge < -0.3 is 15.2 Å². The zero-order valence-electron chi connectivity index (χ0n) is 12.4. The average Bonchev–Trinajstić information content (AvgIpc) is 2.51. The van der Waals surface area contributed by atoms with Crippen molar-refractivity contribution in [2.24, 2.45) is 5.92 Å². The second-order valence-corrected chi connectivity index (χ2v) is 6.17. The lowest BCUT2D eigenvalue weighted by atomic mass is 9.85. The van der Waals surface area contributed by atoms with Crippen LogP contribution in [-0.4, -0.2) is 25.3 Å². The van der Waals surface area contributed by atoms with E-state index >= 15 is 0 Å². The van der Waals surface area contributed by atoms with E-state index in [1.54, 1.807) is 7.11 Å². The summed E-state index contributed by atoms with van der Waals surface area (Å²) in [5.74, 6) is 2.17. The van der Waals surface area contributed by atoms with Crippen LogP contribution in [0, 0.1) is 5.92 Å². The predicted octanol–water partition coefficient (Wildman–Crippen LogP) is 2.82. The van der Waals surface area contributed by atoms with Gasteiger partial charge in [-0.1, -0.05) is 0 Å².